The third kappa shape index (κ3) is 16.4. The van der Waals surface area contributed by atoms with E-state index >= 15 is 0 Å². The van der Waals surface area contributed by atoms with Crippen LogP contribution in [0.25, 0.3) is 0 Å². The summed E-state index contributed by atoms with van der Waals surface area (Å²) in [4.78, 5) is 2.68. The lowest BCUT2D eigenvalue weighted by Gasteiger charge is -2.17. The second kappa shape index (κ2) is 16.6. The number of nitrogens with one attached hydrogen (secondary N) is 1. The van der Waals surface area contributed by atoms with Gasteiger partial charge in [-0.25, -0.2) is 4.84 Å². The smallest absolute Gasteiger partial charge is 0.0108 e. The van der Waals surface area contributed by atoms with Gasteiger partial charge >= 0.3 is 0 Å². The Kier molecular flexibility index (Phi) is 16.7. The van der Waals surface area contributed by atoms with Crippen molar-refractivity contribution < 1.29 is 0 Å². The van der Waals surface area contributed by atoms with Crippen molar-refractivity contribution in [2.24, 2.45) is 11.7 Å². The average Bonchev–Trinajstić information content (AvgIpc) is 2.45. The molecule has 21 heavy (non-hydrogen) atoms. The van der Waals surface area contributed by atoms with Crippen molar-refractivity contribution in [1.29, 1.82) is 0 Å². The summed E-state index contributed by atoms with van der Waals surface area (Å²) >= 11 is 5.42. The molecule has 2 unspecified atom stereocenters. The zero-order valence-corrected chi connectivity index (χ0v) is 15.3. The number of halogens is 1. The number of rotatable bonds is 16. The minimum atomic E-state index is 0.432. The molecule has 0 aromatic heterocycles. The Morgan fingerprint density at radius 2 is 1.43 bits per heavy atom. The topological polar surface area (TPSA) is 38.0 Å². The van der Waals surface area contributed by atoms with E-state index in [0.29, 0.717) is 6.04 Å². The van der Waals surface area contributed by atoms with E-state index in [4.69, 9.17) is 17.5 Å². The van der Waals surface area contributed by atoms with Crippen molar-refractivity contribution in [2.45, 2.75) is 103 Å². The lowest BCUT2D eigenvalue weighted by atomic mass is 9.93. The predicted molar refractivity (Wildman–Crippen MR) is 96.7 cm³/mol. The first-order valence-electron chi connectivity index (χ1n) is 9.29. The number of hydrogen-bond donors (Lipinski definition) is 2. The van der Waals surface area contributed by atoms with Crippen molar-refractivity contribution >= 4 is 11.8 Å². The SMILES string of the molecule is CCCCCC(N)CC(C)CCCCCCCCCNCl. The maximum atomic E-state index is 6.21. The van der Waals surface area contributed by atoms with Gasteiger partial charge in [0.25, 0.3) is 0 Å². The van der Waals surface area contributed by atoms with Crippen molar-refractivity contribution in [3.8, 4) is 0 Å². The van der Waals surface area contributed by atoms with Gasteiger partial charge in [0.1, 0.15) is 0 Å². The van der Waals surface area contributed by atoms with Crippen LogP contribution < -0.4 is 10.6 Å². The fourth-order valence-electron chi connectivity index (χ4n) is 2.98. The normalized spacial score (nSPS) is 14.3. The van der Waals surface area contributed by atoms with Gasteiger partial charge in [-0.2, -0.15) is 0 Å². The molecular weight excluding hydrogens is 280 g/mol. The Labute approximate surface area is 138 Å². The molecule has 2 atom stereocenters. The molecule has 0 aliphatic heterocycles. The molecule has 0 saturated heterocycles. The summed E-state index contributed by atoms with van der Waals surface area (Å²) in [5.74, 6) is 0.802. The van der Waals surface area contributed by atoms with E-state index in [9.17, 15) is 0 Å². The fourth-order valence-corrected chi connectivity index (χ4v) is 3.11. The van der Waals surface area contributed by atoms with E-state index in [0.717, 1.165) is 12.5 Å². The van der Waals surface area contributed by atoms with Crippen LogP contribution in [0.3, 0.4) is 0 Å². The highest BCUT2D eigenvalue weighted by Crippen LogP contribution is 2.18. The molecule has 3 N–H and O–H groups in total. The first-order chi connectivity index (χ1) is 10.2. The van der Waals surface area contributed by atoms with E-state index in [1.165, 1.54) is 83.5 Å². The second-order valence-electron chi connectivity index (χ2n) is 6.74. The molecule has 0 bridgehead atoms. The Balaban J connectivity index is 3.27. The van der Waals surface area contributed by atoms with Gasteiger partial charge in [0.15, 0.2) is 0 Å². The van der Waals surface area contributed by atoms with Gasteiger partial charge in [0, 0.05) is 12.6 Å². The zero-order chi connectivity index (χ0) is 15.8. The van der Waals surface area contributed by atoms with Crippen LogP contribution in [0.2, 0.25) is 0 Å². The van der Waals surface area contributed by atoms with Gasteiger partial charge in [-0.15, -0.1) is 0 Å². The molecule has 0 spiro atoms. The molecule has 0 radical (unpaired) electrons. The second-order valence-corrected chi connectivity index (χ2v) is 7.01. The van der Waals surface area contributed by atoms with E-state index in [1.54, 1.807) is 0 Å². The van der Waals surface area contributed by atoms with E-state index < -0.39 is 0 Å². The van der Waals surface area contributed by atoms with Crippen molar-refractivity contribution in [2.75, 3.05) is 6.54 Å². The van der Waals surface area contributed by atoms with Crippen LogP contribution in [0.4, 0.5) is 0 Å². The summed E-state index contributed by atoms with van der Waals surface area (Å²) in [5.41, 5.74) is 6.21. The van der Waals surface area contributed by atoms with Crippen LogP contribution in [-0.4, -0.2) is 12.6 Å². The van der Waals surface area contributed by atoms with E-state index in [1.807, 2.05) is 0 Å². The molecule has 0 fully saturated rings. The molecule has 0 amide bonds. The Bertz CT molecular complexity index is 200. The summed E-state index contributed by atoms with van der Waals surface area (Å²) in [7, 11) is 0. The third-order valence-corrected chi connectivity index (χ3v) is 4.54. The van der Waals surface area contributed by atoms with Crippen LogP contribution >= 0.6 is 11.8 Å². The van der Waals surface area contributed by atoms with Crippen LogP contribution in [-0.2, 0) is 0 Å². The molecule has 2 nitrogen and oxygen atoms in total. The zero-order valence-electron chi connectivity index (χ0n) is 14.5. The molecule has 3 heteroatoms. The van der Waals surface area contributed by atoms with Crippen molar-refractivity contribution in [3.05, 3.63) is 0 Å². The third-order valence-electron chi connectivity index (χ3n) is 4.35. The largest absolute Gasteiger partial charge is 0.328 e. The summed E-state index contributed by atoms with van der Waals surface area (Å²) in [6.07, 6.45) is 17.2. The Morgan fingerprint density at radius 1 is 0.857 bits per heavy atom. The predicted octanol–water partition coefficient (Wildman–Crippen LogP) is 5.78. The molecule has 0 aliphatic carbocycles. The highest BCUT2D eigenvalue weighted by Gasteiger charge is 2.08. The molecule has 0 aromatic rings. The van der Waals surface area contributed by atoms with Gasteiger partial charge in [-0.1, -0.05) is 78.1 Å². The quantitative estimate of drug-likeness (QED) is 0.279. The molecule has 0 rings (SSSR count). The Morgan fingerprint density at radius 3 is 2.05 bits per heavy atom. The number of nitrogens with two attached hydrogens (primary N) is 1. The van der Waals surface area contributed by atoms with E-state index in [-0.39, 0.29) is 0 Å². The highest BCUT2D eigenvalue weighted by atomic mass is 35.5. The standard InChI is InChI=1S/C18H39ClN2/c1-3-4-10-14-18(20)16-17(2)13-11-8-6-5-7-9-12-15-21-19/h17-18,21H,3-16,20H2,1-2H3. The maximum absolute atomic E-state index is 6.21. The summed E-state index contributed by atoms with van der Waals surface area (Å²) in [5, 5.41) is 0. The monoisotopic (exact) mass is 318 g/mol. The van der Waals surface area contributed by atoms with Crippen LogP contribution in [0, 0.1) is 5.92 Å². The first-order valence-corrected chi connectivity index (χ1v) is 9.67. The van der Waals surface area contributed by atoms with Gasteiger partial charge in [0.05, 0.1) is 0 Å². The van der Waals surface area contributed by atoms with Gasteiger partial charge in [0.2, 0.25) is 0 Å². The summed E-state index contributed by atoms with van der Waals surface area (Å²) in [6.45, 7) is 5.57. The van der Waals surface area contributed by atoms with Crippen molar-refractivity contribution in [3.63, 3.8) is 0 Å². The van der Waals surface area contributed by atoms with Crippen molar-refractivity contribution in [1.82, 2.24) is 4.84 Å². The van der Waals surface area contributed by atoms with Gasteiger partial charge < -0.3 is 5.73 Å². The molecular formula is C18H39ClN2. The molecule has 0 heterocycles. The minimum Gasteiger partial charge on any atom is -0.328 e. The lowest BCUT2D eigenvalue weighted by Crippen LogP contribution is -2.22. The summed E-state index contributed by atoms with van der Waals surface area (Å²) in [6, 6.07) is 0.432. The molecule has 0 aromatic carbocycles. The Hall–Kier alpha value is 0.210. The van der Waals surface area contributed by atoms with Crippen LogP contribution in [0.15, 0.2) is 0 Å². The molecule has 0 aliphatic rings. The molecule has 128 valence electrons. The maximum Gasteiger partial charge on any atom is 0.0108 e. The lowest BCUT2D eigenvalue weighted by molar-refractivity contribution is 0.397. The van der Waals surface area contributed by atoms with Crippen LogP contribution in [0.5, 0.6) is 0 Å². The molecule has 0 saturated carbocycles. The van der Waals surface area contributed by atoms with Crippen LogP contribution in [0.1, 0.15) is 97.3 Å². The number of unbranched alkanes of at least 4 members (excludes halogenated alkanes) is 8. The van der Waals surface area contributed by atoms with E-state index in [2.05, 4.69) is 18.7 Å². The summed E-state index contributed by atoms with van der Waals surface area (Å²) < 4.78 is 0. The fraction of sp³-hybridized carbons (Fsp3) is 1.00. The minimum absolute atomic E-state index is 0.432. The number of hydrogen-bond acceptors (Lipinski definition) is 2. The first kappa shape index (κ1) is 21.2. The average molecular weight is 319 g/mol. The van der Waals surface area contributed by atoms with Gasteiger partial charge in [-0.05, 0) is 37.0 Å². The van der Waals surface area contributed by atoms with Gasteiger partial charge in [-0.3, -0.25) is 0 Å². The highest BCUT2D eigenvalue weighted by molar-refractivity contribution is 6.13.